The van der Waals surface area contributed by atoms with E-state index in [2.05, 4.69) is 0 Å². The zero-order valence-electron chi connectivity index (χ0n) is 10.7. The van der Waals surface area contributed by atoms with Crippen molar-refractivity contribution < 1.29 is 8.78 Å². The molecule has 0 atom stereocenters. The molecule has 3 nitrogen and oxygen atoms in total. The minimum Gasteiger partial charge on any atom is -0.389 e. The fourth-order valence-electron chi connectivity index (χ4n) is 1.53. The van der Waals surface area contributed by atoms with Crippen molar-refractivity contribution in [2.45, 2.75) is 0 Å². The first kappa shape index (κ1) is 14.8. The number of anilines is 1. The van der Waals surface area contributed by atoms with Crippen molar-refractivity contribution in [3.05, 3.63) is 29.3 Å². The lowest BCUT2D eigenvalue weighted by atomic mass is 10.1. The topological polar surface area (TPSA) is 32.5 Å². The van der Waals surface area contributed by atoms with Crippen LogP contribution in [-0.4, -0.2) is 44.1 Å². The van der Waals surface area contributed by atoms with Crippen LogP contribution in [0.4, 0.5) is 14.5 Å². The first-order chi connectivity index (χ1) is 8.32. The predicted molar refractivity (Wildman–Crippen MR) is 74.1 cm³/mol. The fourth-order valence-corrected chi connectivity index (χ4v) is 1.65. The highest BCUT2D eigenvalue weighted by molar-refractivity contribution is 7.80. The molecule has 0 saturated carbocycles. The van der Waals surface area contributed by atoms with Crippen LogP contribution in [0, 0.1) is 11.6 Å². The van der Waals surface area contributed by atoms with E-state index in [0.29, 0.717) is 13.1 Å². The fraction of sp³-hybridized carbons (Fsp3) is 0.417. The van der Waals surface area contributed by atoms with Gasteiger partial charge < -0.3 is 15.5 Å². The summed E-state index contributed by atoms with van der Waals surface area (Å²) in [6.45, 7) is 1.22. The molecule has 6 heteroatoms. The highest BCUT2D eigenvalue weighted by atomic mass is 32.1. The Labute approximate surface area is 111 Å². The van der Waals surface area contributed by atoms with Gasteiger partial charge in [-0.1, -0.05) is 12.2 Å². The lowest BCUT2D eigenvalue weighted by molar-refractivity contribution is 0.414. The third-order valence-electron chi connectivity index (χ3n) is 2.57. The zero-order valence-corrected chi connectivity index (χ0v) is 11.5. The van der Waals surface area contributed by atoms with Gasteiger partial charge in [-0.3, -0.25) is 0 Å². The Morgan fingerprint density at radius 2 is 1.67 bits per heavy atom. The number of thiocarbonyl (C=S) groups is 1. The summed E-state index contributed by atoms with van der Waals surface area (Å²) in [6, 6.07) is 2.32. The van der Waals surface area contributed by atoms with Crippen molar-refractivity contribution in [3.63, 3.8) is 0 Å². The number of benzene rings is 1. The molecular weight excluding hydrogens is 256 g/mol. The molecule has 100 valence electrons. The Kier molecular flexibility index (Phi) is 4.98. The van der Waals surface area contributed by atoms with Crippen LogP contribution in [0.25, 0.3) is 0 Å². The van der Waals surface area contributed by atoms with E-state index in [9.17, 15) is 8.78 Å². The first-order valence-electron chi connectivity index (χ1n) is 5.47. The van der Waals surface area contributed by atoms with Crippen LogP contribution in [0.2, 0.25) is 0 Å². The van der Waals surface area contributed by atoms with E-state index in [4.69, 9.17) is 18.0 Å². The van der Waals surface area contributed by atoms with E-state index >= 15 is 0 Å². The van der Waals surface area contributed by atoms with Gasteiger partial charge in [-0.25, -0.2) is 8.78 Å². The number of rotatable bonds is 5. The van der Waals surface area contributed by atoms with E-state index in [-0.39, 0.29) is 16.2 Å². The summed E-state index contributed by atoms with van der Waals surface area (Å²) >= 11 is 4.70. The average Bonchev–Trinajstić information content (AvgIpc) is 2.25. The first-order valence-corrected chi connectivity index (χ1v) is 5.88. The maximum absolute atomic E-state index is 13.8. The average molecular weight is 273 g/mol. The Hall–Kier alpha value is -1.27. The Morgan fingerprint density at radius 3 is 2.06 bits per heavy atom. The van der Waals surface area contributed by atoms with Crippen molar-refractivity contribution in [1.82, 2.24) is 4.90 Å². The summed E-state index contributed by atoms with van der Waals surface area (Å²) in [4.78, 5) is 3.46. The Morgan fingerprint density at radius 1 is 1.17 bits per heavy atom. The van der Waals surface area contributed by atoms with Crippen molar-refractivity contribution >= 4 is 22.9 Å². The van der Waals surface area contributed by atoms with Crippen molar-refractivity contribution in [3.8, 4) is 0 Å². The molecule has 0 spiro atoms. The zero-order chi connectivity index (χ0) is 13.9. The van der Waals surface area contributed by atoms with Crippen LogP contribution < -0.4 is 10.6 Å². The molecule has 0 aliphatic heterocycles. The van der Waals surface area contributed by atoms with Crippen LogP contribution in [0.3, 0.4) is 0 Å². The van der Waals surface area contributed by atoms with Gasteiger partial charge in [0.05, 0.1) is 0 Å². The number of hydrogen-bond acceptors (Lipinski definition) is 3. The molecule has 1 aromatic carbocycles. The SMILES string of the molecule is CN(C)CCN(C)c1c(F)cc(C(N)=S)cc1F. The van der Waals surface area contributed by atoms with Crippen LogP contribution >= 0.6 is 12.2 Å². The second kappa shape index (κ2) is 6.06. The van der Waals surface area contributed by atoms with Crippen molar-refractivity contribution in [2.75, 3.05) is 39.1 Å². The summed E-state index contributed by atoms with van der Waals surface area (Å²) in [5.74, 6) is -1.31. The van der Waals surface area contributed by atoms with Gasteiger partial charge in [0.15, 0.2) is 0 Å². The lowest BCUT2D eigenvalue weighted by Gasteiger charge is -2.22. The van der Waals surface area contributed by atoms with E-state index in [0.717, 1.165) is 12.1 Å². The molecule has 0 heterocycles. The number of halogens is 2. The van der Waals surface area contributed by atoms with Gasteiger partial charge in [0.2, 0.25) is 0 Å². The Balaban J connectivity index is 2.99. The standard InChI is InChI=1S/C12H17F2N3S/c1-16(2)4-5-17(3)11-9(13)6-8(12(15)18)7-10(11)14/h6-7H,4-5H2,1-3H3,(H2,15,18). The highest BCUT2D eigenvalue weighted by Crippen LogP contribution is 2.24. The number of likely N-dealkylation sites (N-methyl/N-ethyl adjacent to an activating group) is 2. The summed E-state index contributed by atoms with van der Waals surface area (Å²) in [7, 11) is 5.44. The second-order valence-electron chi connectivity index (χ2n) is 4.38. The summed E-state index contributed by atoms with van der Waals surface area (Å²) in [5, 5.41) is 0. The third kappa shape index (κ3) is 3.61. The van der Waals surface area contributed by atoms with E-state index < -0.39 is 11.6 Å². The molecule has 1 aromatic rings. The molecule has 0 unspecified atom stereocenters. The second-order valence-corrected chi connectivity index (χ2v) is 4.82. The molecular formula is C12H17F2N3S. The molecule has 1 rings (SSSR count). The minimum atomic E-state index is -0.654. The predicted octanol–water partition coefficient (Wildman–Crippen LogP) is 1.60. The normalized spacial score (nSPS) is 10.8. The third-order valence-corrected chi connectivity index (χ3v) is 2.80. The minimum absolute atomic E-state index is 0.0182. The maximum Gasteiger partial charge on any atom is 0.150 e. The van der Waals surface area contributed by atoms with Gasteiger partial charge in [0.1, 0.15) is 22.3 Å². The molecule has 0 aromatic heterocycles. The van der Waals surface area contributed by atoms with Crippen LogP contribution in [0.1, 0.15) is 5.56 Å². The molecule has 0 radical (unpaired) electrons. The van der Waals surface area contributed by atoms with Crippen LogP contribution in [-0.2, 0) is 0 Å². The molecule has 2 N–H and O–H groups in total. The summed E-state index contributed by atoms with van der Waals surface area (Å²) in [6.07, 6.45) is 0. The largest absolute Gasteiger partial charge is 0.389 e. The summed E-state index contributed by atoms with van der Waals surface area (Å²) in [5.41, 5.74) is 5.49. The number of nitrogens with two attached hydrogens (primary N) is 1. The molecule has 0 aliphatic carbocycles. The Bertz CT molecular complexity index is 426. The molecule has 0 aliphatic rings. The lowest BCUT2D eigenvalue weighted by Crippen LogP contribution is -2.29. The number of hydrogen-bond donors (Lipinski definition) is 1. The quantitative estimate of drug-likeness (QED) is 0.826. The highest BCUT2D eigenvalue weighted by Gasteiger charge is 2.16. The van der Waals surface area contributed by atoms with Gasteiger partial charge in [-0.05, 0) is 26.2 Å². The molecule has 0 amide bonds. The van der Waals surface area contributed by atoms with Crippen molar-refractivity contribution in [1.29, 1.82) is 0 Å². The van der Waals surface area contributed by atoms with Gasteiger partial charge in [-0.15, -0.1) is 0 Å². The van der Waals surface area contributed by atoms with Gasteiger partial charge in [0.25, 0.3) is 0 Å². The van der Waals surface area contributed by atoms with E-state index in [1.165, 1.54) is 4.90 Å². The van der Waals surface area contributed by atoms with Crippen LogP contribution in [0.15, 0.2) is 12.1 Å². The number of nitrogens with zero attached hydrogens (tertiary/aromatic N) is 2. The van der Waals surface area contributed by atoms with Gasteiger partial charge >= 0.3 is 0 Å². The molecule has 0 fully saturated rings. The van der Waals surface area contributed by atoms with Crippen LogP contribution in [0.5, 0.6) is 0 Å². The summed E-state index contributed by atoms with van der Waals surface area (Å²) < 4.78 is 27.7. The molecule has 0 bridgehead atoms. The van der Waals surface area contributed by atoms with E-state index in [1.54, 1.807) is 7.05 Å². The van der Waals surface area contributed by atoms with E-state index in [1.807, 2.05) is 19.0 Å². The monoisotopic (exact) mass is 273 g/mol. The van der Waals surface area contributed by atoms with Crippen molar-refractivity contribution in [2.24, 2.45) is 5.73 Å². The molecule has 0 saturated heterocycles. The van der Waals surface area contributed by atoms with Gasteiger partial charge in [-0.2, -0.15) is 0 Å². The van der Waals surface area contributed by atoms with Gasteiger partial charge in [0, 0.05) is 25.7 Å². The smallest absolute Gasteiger partial charge is 0.150 e. The molecule has 18 heavy (non-hydrogen) atoms. The maximum atomic E-state index is 13.8.